The lowest BCUT2D eigenvalue weighted by atomic mass is 9.77. The molecule has 0 radical (unpaired) electrons. The molecular weight excluding hydrogens is 228 g/mol. The van der Waals surface area contributed by atoms with Gasteiger partial charge in [-0.15, -0.1) is 0 Å². The molecule has 18 heavy (non-hydrogen) atoms. The van der Waals surface area contributed by atoms with E-state index in [4.69, 9.17) is 4.74 Å². The number of amides is 1. The van der Waals surface area contributed by atoms with E-state index in [-0.39, 0.29) is 11.3 Å². The Labute approximate surface area is 111 Å². The van der Waals surface area contributed by atoms with Gasteiger partial charge >= 0.3 is 0 Å². The van der Waals surface area contributed by atoms with Gasteiger partial charge in [0.05, 0.1) is 5.41 Å². The fourth-order valence-corrected chi connectivity index (χ4v) is 2.56. The summed E-state index contributed by atoms with van der Waals surface area (Å²) < 4.78 is 5.00. The molecule has 1 aliphatic rings. The van der Waals surface area contributed by atoms with E-state index in [9.17, 15) is 4.79 Å². The summed E-state index contributed by atoms with van der Waals surface area (Å²) in [7, 11) is 1.73. The van der Waals surface area contributed by atoms with Crippen LogP contribution in [0.3, 0.4) is 0 Å². The lowest BCUT2D eigenvalue weighted by Crippen LogP contribution is -2.50. The third kappa shape index (κ3) is 4.58. The summed E-state index contributed by atoms with van der Waals surface area (Å²) in [5.41, 5.74) is -0.162. The Morgan fingerprint density at radius 3 is 2.83 bits per heavy atom. The van der Waals surface area contributed by atoms with Crippen LogP contribution in [0.1, 0.15) is 45.4 Å². The van der Waals surface area contributed by atoms with Crippen LogP contribution >= 0.6 is 0 Å². The summed E-state index contributed by atoms with van der Waals surface area (Å²) in [4.78, 5) is 12.3. The molecule has 1 heterocycles. The van der Waals surface area contributed by atoms with Crippen LogP contribution in [0.15, 0.2) is 0 Å². The van der Waals surface area contributed by atoms with Gasteiger partial charge in [0.15, 0.2) is 0 Å². The molecule has 0 aromatic rings. The van der Waals surface area contributed by atoms with Crippen LogP contribution in [0.5, 0.6) is 0 Å². The number of ether oxygens (including phenoxy) is 1. The van der Waals surface area contributed by atoms with E-state index in [1.54, 1.807) is 7.11 Å². The molecule has 1 atom stereocenters. The Morgan fingerprint density at radius 1 is 1.39 bits per heavy atom. The van der Waals surface area contributed by atoms with Gasteiger partial charge < -0.3 is 15.4 Å². The molecule has 4 heteroatoms. The average Bonchev–Trinajstić information content (AvgIpc) is 2.43. The molecule has 1 aliphatic heterocycles. The number of methoxy groups -OCH3 is 1. The number of hydrogen-bond acceptors (Lipinski definition) is 3. The second-order valence-corrected chi connectivity index (χ2v) is 5.22. The molecule has 1 saturated heterocycles. The van der Waals surface area contributed by atoms with Crippen LogP contribution in [0.4, 0.5) is 0 Å². The Kier molecular flexibility index (Phi) is 7.28. The normalized spacial score (nSPS) is 23.9. The predicted octanol–water partition coefficient (Wildman–Crippen LogP) is 1.70. The first-order chi connectivity index (χ1) is 8.75. The van der Waals surface area contributed by atoms with Crippen molar-refractivity contribution in [2.24, 2.45) is 5.41 Å². The van der Waals surface area contributed by atoms with Gasteiger partial charge in [-0.05, 0) is 45.1 Å². The molecule has 0 aromatic carbocycles. The molecule has 0 aromatic heterocycles. The molecule has 1 fully saturated rings. The summed E-state index contributed by atoms with van der Waals surface area (Å²) in [6.07, 6.45) is 6.29. The predicted molar refractivity (Wildman–Crippen MR) is 73.6 cm³/mol. The Hall–Kier alpha value is -0.610. The van der Waals surface area contributed by atoms with E-state index in [2.05, 4.69) is 17.6 Å². The number of rotatable bonds is 8. The number of carbonyl (C=O) groups excluding carboxylic acids is 1. The van der Waals surface area contributed by atoms with Crippen LogP contribution in [0, 0.1) is 5.41 Å². The van der Waals surface area contributed by atoms with Crippen molar-refractivity contribution in [2.75, 3.05) is 33.4 Å². The standard InChI is InChI=1S/C14H28N2O2/c1-3-14(8-7-9-15-12-14)13(17)16-10-5-4-6-11-18-2/h15H,3-12H2,1-2H3,(H,16,17). The molecule has 106 valence electrons. The summed E-state index contributed by atoms with van der Waals surface area (Å²) in [5, 5.41) is 6.45. The lowest BCUT2D eigenvalue weighted by Gasteiger charge is -2.35. The highest BCUT2D eigenvalue weighted by Crippen LogP contribution is 2.30. The van der Waals surface area contributed by atoms with Gasteiger partial charge in [-0.25, -0.2) is 0 Å². The average molecular weight is 256 g/mol. The van der Waals surface area contributed by atoms with Gasteiger partial charge in [-0.3, -0.25) is 4.79 Å². The van der Waals surface area contributed by atoms with Crippen molar-refractivity contribution in [1.82, 2.24) is 10.6 Å². The summed E-state index contributed by atoms with van der Waals surface area (Å²) in [6.45, 7) is 5.61. The van der Waals surface area contributed by atoms with Gasteiger partial charge in [0, 0.05) is 26.8 Å². The van der Waals surface area contributed by atoms with E-state index >= 15 is 0 Å². The molecule has 2 N–H and O–H groups in total. The molecule has 1 rings (SSSR count). The maximum absolute atomic E-state index is 12.3. The molecule has 0 aliphatic carbocycles. The third-order valence-electron chi connectivity index (χ3n) is 3.94. The topological polar surface area (TPSA) is 50.4 Å². The number of unbranched alkanes of at least 4 members (excludes halogenated alkanes) is 2. The van der Waals surface area contributed by atoms with Gasteiger partial charge in [0.2, 0.25) is 5.91 Å². The second-order valence-electron chi connectivity index (χ2n) is 5.22. The zero-order valence-corrected chi connectivity index (χ0v) is 11.9. The van der Waals surface area contributed by atoms with E-state index in [1.165, 1.54) is 0 Å². The minimum Gasteiger partial charge on any atom is -0.385 e. The first kappa shape index (κ1) is 15.4. The zero-order chi connectivity index (χ0) is 13.3. The Balaban J connectivity index is 2.21. The van der Waals surface area contributed by atoms with Crippen LogP contribution in [-0.2, 0) is 9.53 Å². The Morgan fingerprint density at radius 2 is 2.22 bits per heavy atom. The van der Waals surface area contributed by atoms with Crippen molar-refractivity contribution < 1.29 is 9.53 Å². The maximum Gasteiger partial charge on any atom is 0.227 e. The minimum absolute atomic E-state index is 0.162. The van der Waals surface area contributed by atoms with E-state index in [1.807, 2.05) is 0 Å². The monoisotopic (exact) mass is 256 g/mol. The number of hydrogen-bond donors (Lipinski definition) is 2. The molecule has 1 unspecified atom stereocenters. The first-order valence-corrected chi connectivity index (χ1v) is 7.23. The SMILES string of the molecule is CCC1(C(=O)NCCCCCOC)CCCNC1. The van der Waals surface area contributed by atoms with Crippen LogP contribution in [-0.4, -0.2) is 39.3 Å². The first-order valence-electron chi connectivity index (χ1n) is 7.23. The third-order valence-corrected chi connectivity index (χ3v) is 3.94. The fraction of sp³-hybridized carbons (Fsp3) is 0.929. The van der Waals surface area contributed by atoms with E-state index in [0.29, 0.717) is 0 Å². The van der Waals surface area contributed by atoms with E-state index in [0.717, 1.165) is 64.8 Å². The van der Waals surface area contributed by atoms with Crippen molar-refractivity contribution >= 4 is 5.91 Å². The van der Waals surface area contributed by atoms with Crippen LogP contribution in [0.2, 0.25) is 0 Å². The number of piperidine rings is 1. The molecule has 0 spiro atoms. The highest BCUT2D eigenvalue weighted by atomic mass is 16.5. The van der Waals surface area contributed by atoms with Crippen molar-refractivity contribution in [1.29, 1.82) is 0 Å². The molecule has 4 nitrogen and oxygen atoms in total. The summed E-state index contributed by atoms with van der Waals surface area (Å²) >= 11 is 0. The van der Waals surface area contributed by atoms with Crippen LogP contribution in [0.25, 0.3) is 0 Å². The van der Waals surface area contributed by atoms with Crippen molar-refractivity contribution in [2.45, 2.75) is 45.4 Å². The highest BCUT2D eigenvalue weighted by Gasteiger charge is 2.37. The van der Waals surface area contributed by atoms with Crippen LogP contribution < -0.4 is 10.6 Å². The van der Waals surface area contributed by atoms with E-state index < -0.39 is 0 Å². The molecule has 1 amide bonds. The maximum atomic E-state index is 12.3. The largest absolute Gasteiger partial charge is 0.385 e. The Bertz CT molecular complexity index is 238. The minimum atomic E-state index is -0.162. The second kappa shape index (κ2) is 8.48. The molecule has 0 bridgehead atoms. The van der Waals surface area contributed by atoms with Gasteiger partial charge in [0.1, 0.15) is 0 Å². The van der Waals surface area contributed by atoms with Crippen molar-refractivity contribution in [3.63, 3.8) is 0 Å². The smallest absolute Gasteiger partial charge is 0.227 e. The van der Waals surface area contributed by atoms with Crippen molar-refractivity contribution in [3.8, 4) is 0 Å². The molecular formula is C14H28N2O2. The quantitative estimate of drug-likeness (QED) is 0.650. The summed E-state index contributed by atoms with van der Waals surface area (Å²) in [5.74, 6) is 0.240. The number of carbonyl (C=O) groups is 1. The van der Waals surface area contributed by atoms with Gasteiger partial charge in [0.25, 0.3) is 0 Å². The zero-order valence-electron chi connectivity index (χ0n) is 11.9. The fourth-order valence-electron chi connectivity index (χ4n) is 2.56. The van der Waals surface area contributed by atoms with Crippen molar-refractivity contribution in [3.05, 3.63) is 0 Å². The van der Waals surface area contributed by atoms with Gasteiger partial charge in [-0.1, -0.05) is 6.92 Å². The highest BCUT2D eigenvalue weighted by molar-refractivity contribution is 5.82. The lowest BCUT2D eigenvalue weighted by molar-refractivity contribution is -0.132. The number of nitrogens with one attached hydrogen (secondary N) is 2. The molecule has 0 saturated carbocycles. The van der Waals surface area contributed by atoms with Gasteiger partial charge in [-0.2, -0.15) is 0 Å². The summed E-state index contributed by atoms with van der Waals surface area (Å²) in [6, 6.07) is 0.